The summed E-state index contributed by atoms with van der Waals surface area (Å²) in [7, 11) is 1.92. The summed E-state index contributed by atoms with van der Waals surface area (Å²) in [5.41, 5.74) is 1.67. The Morgan fingerprint density at radius 3 is 3.00 bits per heavy atom. The summed E-state index contributed by atoms with van der Waals surface area (Å²) < 4.78 is 1.92. The molecular weight excluding hydrogens is 362 g/mol. The summed E-state index contributed by atoms with van der Waals surface area (Å²) in [4.78, 5) is 17.3. The molecule has 1 N–H and O–H groups in total. The molecule has 0 fully saturated rings. The van der Waals surface area contributed by atoms with E-state index < -0.39 is 0 Å². The normalized spacial score (nSPS) is 11.1. The van der Waals surface area contributed by atoms with Crippen LogP contribution in [-0.2, 0) is 11.8 Å². The van der Waals surface area contributed by atoms with Crippen molar-refractivity contribution < 1.29 is 4.79 Å². The predicted molar refractivity (Wildman–Crippen MR) is 101 cm³/mol. The Hall–Kier alpha value is -2.02. The second kappa shape index (κ2) is 7.70. The topological polar surface area (TPSA) is 46.9 Å². The highest BCUT2D eigenvalue weighted by Gasteiger charge is 2.10. The first-order chi connectivity index (χ1) is 11.6. The van der Waals surface area contributed by atoms with Gasteiger partial charge in [0, 0.05) is 35.4 Å². The number of hydrogen-bond donors (Lipinski definition) is 1. The van der Waals surface area contributed by atoms with Gasteiger partial charge in [0.05, 0.1) is 5.69 Å². The summed E-state index contributed by atoms with van der Waals surface area (Å²) in [6.07, 6.45) is 6.90. The van der Waals surface area contributed by atoms with Gasteiger partial charge < -0.3 is 9.88 Å². The molecule has 0 saturated heterocycles. The van der Waals surface area contributed by atoms with Crippen LogP contribution in [0.2, 0.25) is 5.02 Å². The minimum absolute atomic E-state index is 0.204. The monoisotopic (exact) mass is 375 g/mol. The lowest BCUT2D eigenvalue weighted by Gasteiger charge is -2.10. The highest BCUT2D eigenvalue weighted by atomic mass is 35.5. The number of thiophene rings is 1. The molecule has 1 amide bonds. The molecule has 122 valence electrons. The van der Waals surface area contributed by atoms with E-state index in [4.69, 9.17) is 11.6 Å². The molecule has 7 heteroatoms. The van der Waals surface area contributed by atoms with Crippen molar-refractivity contribution in [3.8, 4) is 0 Å². The molecule has 2 aromatic heterocycles. The van der Waals surface area contributed by atoms with Gasteiger partial charge in [0.15, 0.2) is 5.16 Å². The molecule has 4 nitrogen and oxygen atoms in total. The van der Waals surface area contributed by atoms with Gasteiger partial charge in [-0.2, -0.15) is 11.3 Å². The average molecular weight is 376 g/mol. The molecule has 0 aliphatic rings. The molecule has 0 aliphatic heterocycles. The summed E-state index contributed by atoms with van der Waals surface area (Å²) in [5.74, 6) is -0.204. The third-order valence-electron chi connectivity index (χ3n) is 3.15. The van der Waals surface area contributed by atoms with Crippen LogP contribution >= 0.6 is 34.7 Å². The second-order valence-electron chi connectivity index (χ2n) is 4.94. The molecule has 0 spiro atoms. The van der Waals surface area contributed by atoms with E-state index in [0.717, 1.165) is 15.6 Å². The standard InChI is InChI=1S/C17H14ClN3OS2/c1-21-8-7-19-17(21)24-15-4-3-13(18)10-14(15)20-16(22)5-2-12-6-9-23-11-12/h2-11H,1H3,(H,20,22)/b5-2+. The highest BCUT2D eigenvalue weighted by molar-refractivity contribution is 7.99. The number of carbonyl (C=O) groups excluding carboxylic acids is 1. The fraction of sp³-hybridized carbons (Fsp3) is 0.0588. The molecule has 0 saturated carbocycles. The van der Waals surface area contributed by atoms with E-state index in [0.29, 0.717) is 10.7 Å². The van der Waals surface area contributed by atoms with Crippen LogP contribution in [0, 0.1) is 0 Å². The Bertz CT molecular complexity index is 872. The molecule has 3 aromatic rings. The van der Waals surface area contributed by atoms with Crippen LogP contribution in [-0.4, -0.2) is 15.5 Å². The molecule has 0 unspecified atom stereocenters. The Morgan fingerprint density at radius 1 is 1.42 bits per heavy atom. The number of halogens is 1. The lowest BCUT2D eigenvalue weighted by atomic mass is 10.3. The quantitative estimate of drug-likeness (QED) is 0.642. The Balaban J connectivity index is 1.78. The summed E-state index contributed by atoms with van der Waals surface area (Å²) in [6, 6.07) is 7.36. The zero-order chi connectivity index (χ0) is 16.9. The third kappa shape index (κ3) is 4.29. The molecule has 0 aliphatic carbocycles. The van der Waals surface area contributed by atoms with E-state index in [1.165, 1.54) is 17.8 Å². The molecule has 0 atom stereocenters. The van der Waals surface area contributed by atoms with Crippen LogP contribution in [0.5, 0.6) is 0 Å². The first-order valence-electron chi connectivity index (χ1n) is 7.08. The zero-order valence-corrected chi connectivity index (χ0v) is 15.2. The smallest absolute Gasteiger partial charge is 0.248 e. The maximum Gasteiger partial charge on any atom is 0.248 e. The molecular formula is C17H14ClN3OS2. The number of anilines is 1. The van der Waals surface area contributed by atoms with Crippen molar-refractivity contribution in [2.75, 3.05) is 5.32 Å². The van der Waals surface area contributed by atoms with Gasteiger partial charge in [-0.1, -0.05) is 11.6 Å². The molecule has 0 bridgehead atoms. The number of hydrogen-bond acceptors (Lipinski definition) is 4. The van der Waals surface area contributed by atoms with Crippen molar-refractivity contribution in [1.29, 1.82) is 0 Å². The minimum atomic E-state index is -0.204. The fourth-order valence-electron chi connectivity index (χ4n) is 1.95. The van der Waals surface area contributed by atoms with Crippen LogP contribution in [0.3, 0.4) is 0 Å². The fourth-order valence-corrected chi connectivity index (χ4v) is 3.63. The molecule has 1 aromatic carbocycles. The van der Waals surface area contributed by atoms with E-state index in [-0.39, 0.29) is 5.91 Å². The Morgan fingerprint density at radius 2 is 2.29 bits per heavy atom. The number of nitrogens with zero attached hydrogens (tertiary/aromatic N) is 2. The van der Waals surface area contributed by atoms with Crippen LogP contribution < -0.4 is 5.32 Å². The van der Waals surface area contributed by atoms with Crippen molar-refractivity contribution in [2.24, 2.45) is 7.05 Å². The van der Waals surface area contributed by atoms with E-state index in [1.807, 2.05) is 40.7 Å². The molecule has 0 radical (unpaired) electrons. The SMILES string of the molecule is Cn1ccnc1Sc1ccc(Cl)cc1NC(=O)/C=C/c1ccsc1. The van der Waals surface area contributed by atoms with Gasteiger partial charge in [0.25, 0.3) is 0 Å². The number of rotatable bonds is 5. The first kappa shape index (κ1) is 16.8. The van der Waals surface area contributed by atoms with Crippen molar-refractivity contribution in [2.45, 2.75) is 10.1 Å². The van der Waals surface area contributed by atoms with Crippen molar-refractivity contribution in [3.05, 3.63) is 64.1 Å². The van der Waals surface area contributed by atoms with Gasteiger partial charge in [-0.3, -0.25) is 4.79 Å². The van der Waals surface area contributed by atoms with Crippen molar-refractivity contribution in [3.63, 3.8) is 0 Å². The van der Waals surface area contributed by atoms with Gasteiger partial charge >= 0.3 is 0 Å². The molecule has 3 rings (SSSR count). The number of aromatic nitrogens is 2. The largest absolute Gasteiger partial charge is 0.329 e. The predicted octanol–water partition coefficient (Wildman–Crippen LogP) is 4.94. The number of aryl methyl sites for hydroxylation is 1. The van der Waals surface area contributed by atoms with E-state index >= 15 is 0 Å². The number of imidazole rings is 1. The van der Waals surface area contributed by atoms with Crippen molar-refractivity contribution in [1.82, 2.24) is 9.55 Å². The summed E-state index contributed by atoms with van der Waals surface area (Å²) in [5, 5.41) is 8.23. The minimum Gasteiger partial charge on any atom is -0.329 e. The van der Waals surface area contributed by atoms with Crippen LogP contribution in [0.1, 0.15) is 5.56 Å². The van der Waals surface area contributed by atoms with Gasteiger partial charge in [-0.05, 0) is 58.4 Å². The van der Waals surface area contributed by atoms with Crippen LogP contribution in [0.4, 0.5) is 5.69 Å². The number of amides is 1. The lowest BCUT2D eigenvalue weighted by Crippen LogP contribution is -2.08. The molecule has 24 heavy (non-hydrogen) atoms. The van der Waals surface area contributed by atoms with E-state index in [2.05, 4.69) is 10.3 Å². The number of benzene rings is 1. The third-order valence-corrected chi connectivity index (χ3v) is 5.24. The summed E-state index contributed by atoms with van der Waals surface area (Å²) >= 11 is 9.13. The second-order valence-corrected chi connectivity index (χ2v) is 7.17. The highest BCUT2D eigenvalue weighted by Crippen LogP contribution is 2.34. The first-order valence-corrected chi connectivity index (χ1v) is 9.21. The van der Waals surface area contributed by atoms with E-state index in [1.54, 1.807) is 35.7 Å². The van der Waals surface area contributed by atoms with Gasteiger partial charge in [-0.25, -0.2) is 4.98 Å². The molecule has 2 heterocycles. The van der Waals surface area contributed by atoms with Gasteiger partial charge in [0.1, 0.15) is 0 Å². The maximum absolute atomic E-state index is 12.2. The zero-order valence-electron chi connectivity index (χ0n) is 12.8. The number of carbonyl (C=O) groups is 1. The Labute approximate surface area is 153 Å². The van der Waals surface area contributed by atoms with Gasteiger partial charge in [-0.15, -0.1) is 0 Å². The number of nitrogens with one attached hydrogen (secondary N) is 1. The van der Waals surface area contributed by atoms with Crippen LogP contribution in [0.25, 0.3) is 6.08 Å². The lowest BCUT2D eigenvalue weighted by molar-refractivity contribution is -0.111. The Kier molecular flexibility index (Phi) is 5.40. The maximum atomic E-state index is 12.2. The van der Waals surface area contributed by atoms with E-state index in [9.17, 15) is 4.79 Å². The summed E-state index contributed by atoms with van der Waals surface area (Å²) in [6.45, 7) is 0. The average Bonchev–Trinajstić information content (AvgIpc) is 3.20. The van der Waals surface area contributed by atoms with Crippen LogP contribution in [0.15, 0.2) is 63.5 Å². The van der Waals surface area contributed by atoms with Gasteiger partial charge in [0.2, 0.25) is 5.91 Å². The van der Waals surface area contributed by atoms with Crippen molar-refractivity contribution >= 4 is 52.4 Å².